The van der Waals surface area contributed by atoms with Gasteiger partial charge in [-0.15, -0.1) is 0 Å². The van der Waals surface area contributed by atoms with Crippen molar-refractivity contribution < 1.29 is 9.90 Å². The standard InChI is InChI=1S/C11H13NO2/c1-8-4-3-5-10(6-8)12-9(2)7-11(13)14/h3-7,12H,1-2H3,(H,13,14)/b9-7-. The number of aliphatic carboxylic acids is 1. The summed E-state index contributed by atoms with van der Waals surface area (Å²) in [6.45, 7) is 3.71. The molecular formula is C11H13NO2. The molecule has 74 valence electrons. The van der Waals surface area contributed by atoms with E-state index in [-0.39, 0.29) is 0 Å². The zero-order valence-electron chi connectivity index (χ0n) is 8.24. The SMILES string of the molecule is C/C(=C/C(=O)O)Nc1cccc(C)c1. The maximum atomic E-state index is 10.4. The summed E-state index contributed by atoms with van der Waals surface area (Å²) in [7, 11) is 0. The van der Waals surface area contributed by atoms with Crippen molar-refractivity contribution in [2.45, 2.75) is 13.8 Å². The van der Waals surface area contributed by atoms with E-state index in [0.717, 1.165) is 17.3 Å². The number of aryl methyl sites for hydroxylation is 1. The maximum absolute atomic E-state index is 10.4. The molecule has 0 aliphatic heterocycles. The normalized spacial score (nSPS) is 11.1. The molecule has 2 N–H and O–H groups in total. The topological polar surface area (TPSA) is 49.3 Å². The van der Waals surface area contributed by atoms with Crippen LogP contribution >= 0.6 is 0 Å². The lowest BCUT2D eigenvalue weighted by atomic mass is 10.2. The van der Waals surface area contributed by atoms with Crippen LogP contribution in [-0.2, 0) is 4.79 Å². The van der Waals surface area contributed by atoms with E-state index in [1.807, 2.05) is 31.2 Å². The molecule has 1 rings (SSSR count). The van der Waals surface area contributed by atoms with Crippen LogP contribution in [0, 0.1) is 6.92 Å². The minimum absolute atomic E-state index is 0.614. The third-order valence-corrected chi connectivity index (χ3v) is 1.70. The van der Waals surface area contributed by atoms with Crippen LogP contribution in [0.25, 0.3) is 0 Å². The molecule has 3 heteroatoms. The summed E-state index contributed by atoms with van der Waals surface area (Å²) in [5, 5.41) is 11.5. The van der Waals surface area contributed by atoms with Crippen molar-refractivity contribution >= 4 is 11.7 Å². The smallest absolute Gasteiger partial charge is 0.330 e. The fraction of sp³-hybridized carbons (Fsp3) is 0.182. The van der Waals surface area contributed by atoms with Crippen LogP contribution in [0.15, 0.2) is 36.0 Å². The maximum Gasteiger partial charge on any atom is 0.330 e. The predicted molar refractivity (Wildman–Crippen MR) is 56.2 cm³/mol. The zero-order valence-corrected chi connectivity index (χ0v) is 8.24. The molecule has 0 bridgehead atoms. The Morgan fingerprint density at radius 3 is 2.79 bits per heavy atom. The molecule has 0 unspecified atom stereocenters. The van der Waals surface area contributed by atoms with Gasteiger partial charge in [-0.05, 0) is 31.5 Å². The van der Waals surface area contributed by atoms with Crippen LogP contribution < -0.4 is 5.32 Å². The van der Waals surface area contributed by atoms with Crippen LogP contribution in [0.4, 0.5) is 5.69 Å². The minimum atomic E-state index is -0.942. The van der Waals surface area contributed by atoms with Crippen molar-refractivity contribution in [1.82, 2.24) is 0 Å². The van der Waals surface area contributed by atoms with Crippen LogP contribution in [0.1, 0.15) is 12.5 Å². The first-order chi connectivity index (χ1) is 6.58. The van der Waals surface area contributed by atoms with Gasteiger partial charge < -0.3 is 10.4 Å². The number of carboxylic acid groups (broad SMARTS) is 1. The molecule has 0 atom stereocenters. The van der Waals surface area contributed by atoms with E-state index in [1.165, 1.54) is 0 Å². The van der Waals surface area contributed by atoms with Crippen molar-refractivity contribution in [2.75, 3.05) is 5.32 Å². The first-order valence-corrected chi connectivity index (χ1v) is 4.33. The van der Waals surface area contributed by atoms with Crippen molar-refractivity contribution in [3.05, 3.63) is 41.6 Å². The second kappa shape index (κ2) is 4.46. The number of allylic oxidation sites excluding steroid dienone is 1. The molecule has 0 saturated carbocycles. The fourth-order valence-electron chi connectivity index (χ4n) is 1.17. The highest BCUT2D eigenvalue weighted by Crippen LogP contribution is 2.11. The van der Waals surface area contributed by atoms with Gasteiger partial charge in [0.05, 0.1) is 0 Å². The second-order valence-electron chi connectivity index (χ2n) is 3.16. The largest absolute Gasteiger partial charge is 0.478 e. The van der Waals surface area contributed by atoms with E-state index >= 15 is 0 Å². The number of carbonyl (C=O) groups is 1. The number of hydrogen-bond acceptors (Lipinski definition) is 2. The summed E-state index contributed by atoms with van der Waals surface area (Å²) in [4.78, 5) is 10.4. The average Bonchev–Trinajstić information content (AvgIpc) is 2.01. The molecule has 0 fully saturated rings. The van der Waals surface area contributed by atoms with Crippen LogP contribution in [0.2, 0.25) is 0 Å². The number of rotatable bonds is 3. The highest BCUT2D eigenvalue weighted by atomic mass is 16.4. The van der Waals surface area contributed by atoms with Gasteiger partial charge in [-0.2, -0.15) is 0 Å². The molecule has 14 heavy (non-hydrogen) atoms. The second-order valence-corrected chi connectivity index (χ2v) is 3.16. The lowest BCUT2D eigenvalue weighted by Gasteiger charge is -2.05. The first-order valence-electron chi connectivity index (χ1n) is 4.33. The fourth-order valence-corrected chi connectivity index (χ4v) is 1.17. The predicted octanol–water partition coefficient (Wildman–Crippen LogP) is 2.40. The summed E-state index contributed by atoms with van der Waals surface area (Å²) in [5.41, 5.74) is 2.65. The Morgan fingerprint density at radius 2 is 2.21 bits per heavy atom. The van der Waals surface area contributed by atoms with E-state index in [1.54, 1.807) is 6.92 Å². The number of benzene rings is 1. The quantitative estimate of drug-likeness (QED) is 0.721. The summed E-state index contributed by atoms with van der Waals surface area (Å²) in [5.74, 6) is -0.942. The van der Waals surface area contributed by atoms with E-state index in [4.69, 9.17) is 5.11 Å². The molecule has 0 aliphatic rings. The highest BCUT2D eigenvalue weighted by Gasteiger charge is 1.95. The van der Waals surface area contributed by atoms with Gasteiger partial charge in [0.25, 0.3) is 0 Å². The molecule has 0 aliphatic carbocycles. The Balaban J connectivity index is 2.74. The van der Waals surface area contributed by atoms with Gasteiger partial charge in [0.1, 0.15) is 0 Å². The highest BCUT2D eigenvalue weighted by molar-refractivity contribution is 5.81. The van der Waals surface area contributed by atoms with Crippen molar-refractivity contribution in [3.8, 4) is 0 Å². The molecule has 0 amide bonds. The average molecular weight is 191 g/mol. The van der Waals surface area contributed by atoms with Gasteiger partial charge >= 0.3 is 5.97 Å². The number of anilines is 1. The van der Waals surface area contributed by atoms with E-state index in [9.17, 15) is 4.79 Å². The Kier molecular flexibility index (Phi) is 3.29. The summed E-state index contributed by atoms with van der Waals surface area (Å²) >= 11 is 0. The lowest BCUT2D eigenvalue weighted by molar-refractivity contribution is -0.131. The minimum Gasteiger partial charge on any atom is -0.478 e. The van der Waals surface area contributed by atoms with Gasteiger partial charge in [-0.1, -0.05) is 12.1 Å². The molecule has 0 aromatic heterocycles. The van der Waals surface area contributed by atoms with E-state index in [0.29, 0.717) is 5.70 Å². The van der Waals surface area contributed by atoms with Crippen LogP contribution in [-0.4, -0.2) is 11.1 Å². The lowest BCUT2D eigenvalue weighted by Crippen LogP contribution is -1.99. The Morgan fingerprint density at radius 1 is 1.50 bits per heavy atom. The summed E-state index contributed by atoms with van der Waals surface area (Å²) < 4.78 is 0. The van der Waals surface area contributed by atoms with Gasteiger partial charge in [0.15, 0.2) is 0 Å². The molecular weight excluding hydrogens is 178 g/mol. The molecule has 0 spiro atoms. The molecule has 0 radical (unpaired) electrons. The Bertz CT molecular complexity index is 369. The first kappa shape index (κ1) is 10.3. The molecule has 1 aromatic carbocycles. The number of carboxylic acids is 1. The van der Waals surface area contributed by atoms with E-state index < -0.39 is 5.97 Å². The zero-order chi connectivity index (χ0) is 10.6. The van der Waals surface area contributed by atoms with Crippen molar-refractivity contribution in [3.63, 3.8) is 0 Å². The summed E-state index contributed by atoms with van der Waals surface area (Å²) in [6.07, 6.45) is 1.14. The van der Waals surface area contributed by atoms with Gasteiger partial charge in [0.2, 0.25) is 0 Å². The monoisotopic (exact) mass is 191 g/mol. The molecule has 0 saturated heterocycles. The number of hydrogen-bond donors (Lipinski definition) is 2. The van der Waals surface area contributed by atoms with Crippen LogP contribution in [0.5, 0.6) is 0 Å². The number of nitrogens with one attached hydrogen (secondary N) is 1. The molecule has 3 nitrogen and oxygen atoms in total. The van der Waals surface area contributed by atoms with Crippen LogP contribution in [0.3, 0.4) is 0 Å². The Hall–Kier alpha value is -1.77. The van der Waals surface area contributed by atoms with Gasteiger partial charge in [0, 0.05) is 17.5 Å². The summed E-state index contributed by atoms with van der Waals surface area (Å²) in [6, 6.07) is 7.76. The van der Waals surface area contributed by atoms with Gasteiger partial charge in [-0.3, -0.25) is 0 Å². The van der Waals surface area contributed by atoms with Gasteiger partial charge in [-0.25, -0.2) is 4.79 Å². The van der Waals surface area contributed by atoms with Crippen molar-refractivity contribution in [1.29, 1.82) is 0 Å². The molecule has 0 heterocycles. The van der Waals surface area contributed by atoms with Crippen molar-refractivity contribution in [2.24, 2.45) is 0 Å². The van der Waals surface area contributed by atoms with E-state index in [2.05, 4.69) is 5.32 Å². The molecule has 1 aromatic rings. The third-order valence-electron chi connectivity index (χ3n) is 1.70. The Labute approximate surface area is 83.1 Å². The third kappa shape index (κ3) is 3.31.